The molecule has 0 heterocycles. The molecule has 0 aliphatic heterocycles. The number of rotatable bonds is 5. The van der Waals surface area contributed by atoms with Crippen molar-refractivity contribution in [3.63, 3.8) is 0 Å². The molecule has 1 saturated carbocycles. The Labute approximate surface area is 114 Å². The Kier molecular flexibility index (Phi) is 3.51. The van der Waals surface area contributed by atoms with Gasteiger partial charge in [-0.15, -0.1) is 0 Å². The predicted molar refractivity (Wildman–Crippen MR) is 77.6 cm³/mol. The Morgan fingerprint density at radius 3 is 2.74 bits per heavy atom. The monoisotopic (exact) mass is 253 g/mol. The molecule has 0 spiro atoms. The first-order valence-corrected chi connectivity index (χ1v) is 6.87. The van der Waals surface area contributed by atoms with Gasteiger partial charge in [-0.25, -0.2) is 0 Å². The van der Waals surface area contributed by atoms with Crippen molar-refractivity contribution in [2.75, 3.05) is 0 Å². The highest BCUT2D eigenvalue weighted by molar-refractivity contribution is 5.38. The second-order valence-corrected chi connectivity index (χ2v) is 5.17. The quantitative estimate of drug-likeness (QED) is 0.868. The van der Waals surface area contributed by atoms with Crippen LogP contribution >= 0.6 is 0 Å². The lowest BCUT2D eigenvalue weighted by Gasteiger charge is -2.10. The van der Waals surface area contributed by atoms with Gasteiger partial charge in [0.25, 0.3) is 0 Å². The summed E-state index contributed by atoms with van der Waals surface area (Å²) in [4.78, 5) is 0. The van der Waals surface area contributed by atoms with Crippen LogP contribution in [0.1, 0.15) is 24.0 Å². The van der Waals surface area contributed by atoms with E-state index in [2.05, 4.69) is 36.5 Å². The highest BCUT2D eigenvalue weighted by atomic mass is 16.5. The molecule has 2 nitrogen and oxygen atoms in total. The molecule has 98 valence electrons. The molecular weight excluding hydrogens is 234 g/mol. The molecule has 0 radical (unpaired) electrons. The Morgan fingerprint density at radius 2 is 1.95 bits per heavy atom. The second kappa shape index (κ2) is 5.45. The van der Waals surface area contributed by atoms with Crippen LogP contribution in [-0.2, 0) is 6.54 Å². The molecule has 0 unspecified atom stereocenters. The minimum Gasteiger partial charge on any atom is -0.457 e. The van der Waals surface area contributed by atoms with Gasteiger partial charge in [-0.3, -0.25) is 0 Å². The Bertz CT molecular complexity index is 561. The highest BCUT2D eigenvalue weighted by Gasteiger charge is 2.19. The molecule has 2 heteroatoms. The van der Waals surface area contributed by atoms with Crippen molar-refractivity contribution in [2.45, 2.75) is 32.4 Å². The van der Waals surface area contributed by atoms with Crippen molar-refractivity contribution in [3.05, 3.63) is 59.7 Å². The molecule has 0 amide bonds. The zero-order chi connectivity index (χ0) is 13.1. The maximum Gasteiger partial charge on any atom is 0.130 e. The van der Waals surface area contributed by atoms with E-state index in [4.69, 9.17) is 4.74 Å². The zero-order valence-electron chi connectivity index (χ0n) is 11.2. The number of hydrogen-bond donors (Lipinski definition) is 1. The van der Waals surface area contributed by atoms with E-state index in [9.17, 15) is 0 Å². The largest absolute Gasteiger partial charge is 0.457 e. The highest BCUT2D eigenvalue weighted by Crippen LogP contribution is 2.25. The number of ether oxygens (including phenoxy) is 1. The van der Waals surface area contributed by atoms with Crippen LogP contribution in [0.15, 0.2) is 48.5 Å². The lowest BCUT2D eigenvalue weighted by molar-refractivity contribution is 0.478. The van der Waals surface area contributed by atoms with Gasteiger partial charge in [0, 0.05) is 12.6 Å². The molecule has 3 rings (SSSR count). The van der Waals surface area contributed by atoms with Crippen LogP contribution in [0.25, 0.3) is 0 Å². The number of nitrogens with one attached hydrogen (secondary N) is 1. The van der Waals surface area contributed by atoms with Crippen LogP contribution in [0, 0.1) is 6.92 Å². The number of aryl methyl sites for hydroxylation is 1. The zero-order valence-corrected chi connectivity index (χ0v) is 11.2. The summed E-state index contributed by atoms with van der Waals surface area (Å²) in [6, 6.07) is 17.1. The van der Waals surface area contributed by atoms with Gasteiger partial charge >= 0.3 is 0 Å². The van der Waals surface area contributed by atoms with Gasteiger partial charge in [-0.05, 0) is 49.1 Å². The summed E-state index contributed by atoms with van der Waals surface area (Å²) in [5, 5.41) is 3.52. The fourth-order valence-corrected chi connectivity index (χ4v) is 2.07. The molecule has 1 N–H and O–H groups in total. The topological polar surface area (TPSA) is 21.3 Å². The summed E-state index contributed by atoms with van der Waals surface area (Å²) in [5.41, 5.74) is 2.43. The van der Waals surface area contributed by atoms with Crippen molar-refractivity contribution in [1.29, 1.82) is 0 Å². The van der Waals surface area contributed by atoms with Gasteiger partial charge in [0.1, 0.15) is 11.5 Å². The lowest BCUT2D eigenvalue weighted by Crippen LogP contribution is -2.15. The van der Waals surface area contributed by atoms with Crippen molar-refractivity contribution < 1.29 is 4.74 Å². The predicted octanol–water partition coefficient (Wildman–Crippen LogP) is 4.04. The minimum absolute atomic E-state index is 0.737. The first kappa shape index (κ1) is 12.2. The standard InChI is InChI=1S/C17H19NO/c1-13-5-2-3-8-17(13)19-16-7-4-6-14(11-16)12-18-15-9-10-15/h2-8,11,15,18H,9-10,12H2,1H3. The van der Waals surface area contributed by atoms with Crippen LogP contribution in [0.3, 0.4) is 0 Å². The third-order valence-electron chi connectivity index (χ3n) is 3.39. The first-order valence-electron chi connectivity index (χ1n) is 6.87. The molecule has 1 fully saturated rings. The summed E-state index contributed by atoms with van der Waals surface area (Å²) < 4.78 is 5.94. The van der Waals surface area contributed by atoms with Crippen LogP contribution < -0.4 is 10.1 Å². The molecule has 1 aliphatic rings. The maximum atomic E-state index is 5.94. The van der Waals surface area contributed by atoms with Gasteiger partial charge in [0.05, 0.1) is 0 Å². The van der Waals surface area contributed by atoms with Gasteiger partial charge < -0.3 is 10.1 Å². The van der Waals surface area contributed by atoms with Gasteiger partial charge in [-0.1, -0.05) is 30.3 Å². The fraction of sp³-hybridized carbons (Fsp3) is 0.294. The van der Waals surface area contributed by atoms with E-state index in [1.807, 2.05) is 24.3 Å². The van der Waals surface area contributed by atoms with Crippen molar-refractivity contribution >= 4 is 0 Å². The van der Waals surface area contributed by atoms with E-state index in [1.165, 1.54) is 18.4 Å². The SMILES string of the molecule is Cc1ccccc1Oc1cccc(CNC2CC2)c1. The molecule has 0 atom stereocenters. The van der Waals surface area contributed by atoms with Gasteiger partial charge in [0.15, 0.2) is 0 Å². The molecule has 19 heavy (non-hydrogen) atoms. The third-order valence-corrected chi connectivity index (χ3v) is 3.39. The Morgan fingerprint density at radius 1 is 1.11 bits per heavy atom. The average Bonchev–Trinajstić information content (AvgIpc) is 3.24. The summed E-state index contributed by atoms with van der Waals surface area (Å²) in [5.74, 6) is 1.83. The molecule has 0 aromatic heterocycles. The van der Waals surface area contributed by atoms with Crippen molar-refractivity contribution in [1.82, 2.24) is 5.32 Å². The van der Waals surface area contributed by atoms with E-state index in [1.54, 1.807) is 0 Å². The van der Waals surface area contributed by atoms with Crippen LogP contribution in [0.2, 0.25) is 0 Å². The summed E-state index contributed by atoms with van der Waals surface area (Å²) >= 11 is 0. The van der Waals surface area contributed by atoms with E-state index in [0.717, 1.165) is 29.6 Å². The first-order chi connectivity index (χ1) is 9.31. The third kappa shape index (κ3) is 3.36. The minimum atomic E-state index is 0.737. The molecule has 0 saturated heterocycles. The number of benzene rings is 2. The maximum absolute atomic E-state index is 5.94. The van der Waals surface area contributed by atoms with E-state index >= 15 is 0 Å². The molecule has 2 aromatic rings. The van der Waals surface area contributed by atoms with Crippen molar-refractivity contribution in [2.24, 2.45) is 0 Å². The summed E-state index contributed by atoms with van der Waals surface area (Å²) in [7, 11) is 0. The van der Waals surface area contributed by atoms with Crippen molar-refractivity contribution in [3.8, 4) is 11.5 Å². The molecule has 0 bridgehead atoms. The van der Waals surface area contributed by atoms with Crippen LogP contribution in [-0.4, -0.2) is 6.04 Å². The van der Waals surface area contributed by atoms with E-state index < -0.39 is 0 Å². The Hall–Kier alpha value is -1.80. The van der Waals surface area contributed by atoms with E-state index in [0.29, 0.717) is 0 Å². The van der Waals surface area contributed by atoms with Crippen LogP contribution in [0.5, 0.6) is 11.5 Å². The molecule has 1 aliphatic carbocycles. The smallest absolute Gasteiger partial charge is 0.130 e. The summed E-state index contributed by atoms with van der Waals surface area (Å²) in [6.07, 6.45) is 2.64. The second-order valence-electron chi connectivity index (χ2n) is 5.17. The van der Waals surface area contributed by atoms with Crippen LogP contribution in [0.4, 0.5) is 0 Å². The number of para-hydroxylation sites is 1. The van der Waals surface area contributed by atoms with Gasteiger partial charge in [0.2, 0.25) is 0 Å². The summed E-state index contributed by atoms with van der Waals surface area (Å²) in [6.45, 7) is 2.99. The van der Waals surface area contributed by atoms with Gasteiger partial charge in [-0.2, -0.15) is 0 Å². The number of hydrogen-bond acceptors (Lipinski definition) is 2. The lowest BCUT2D eigenvalue weighted by atomic mass is 10.2. The van der Waals surface area contributed by atoms with E-state index in [-0.39, 0.29) is 0 Å². The average molecular weight is 253 g/mol. The fourth-order valence-electron chi connectivity index (χ4n) is 2.07. The normalized spacial score (nSPS) is 14.4. The Balaban J connectivity index is 1.70. The molecular formula is C17H19NO. The molecule has 2 aromatic carbocycles.